The Labute approximate surface area is 158 Å². The van der Waals surface area contributed by atoms with E-state index in [1.54, 1.807) is 17.5 Å². The van der Waals surface area contributed by atoms with Gasteiger partial charge in [0.05, 0.1) is 6.07 Å². The molecule has 1 aliphatic rings. The average molecular weight is 391 g/mol. The van der Waals surface area contributed by atoms with E-state index in [1.165, 1.54) is 15.6 Å². The molecule has 1 atom stereocenters. The van der Waals surface area contributed by atoms with Crippen LogP contribution in [0, 0.1) is 11.3 Å². The summed E-state index contributed by atoms with van der Waals surface area (Å²) in [4.78, 5) is 4.06. The first-order valence-electron chi connectivity index (χ1n) is 8.38. The maximum atomic E-state index is 12.6. The minimum absolute atomic E-state index is 0.363. The number of nitriles is 1. The summed E-state index contributed by atoms with van der Waals surface area (Å²) in [7, 11) is 0.535. The normalized spacial score (nSPS) is 17.6. The number of sulfonamides is 1. The van der Waals surface area contributed by atoms with Crippen molar-refractivity contribution >= 4 is 27.0 Å². The molecule has 1 unspecified atom stereocenters. The zero-order valence-electron chi connectivity index (χ0n) is 14.9. The molecule has 138 valence electrons. The lowest BCUT2D eigenvalue weighted by molar-refractivity contribution is 0.163. The van der Waals surface area contributed by atoms with E-state index in [0.717, 1.165) is 11.3 Å². The van der Waals surface area contributed by atoms with Crippen LogP contribution in [0.2, 0.25) is 0 Å². The van der Waals surface area contributed by atoms with Crippen LogP contribution in [0.1, 0.15) is 11.6 Å². The van der Waals surface area contributed by atoms with Crippen LogP contribution in [0.5, 0.6) is 0 Å². The predicted molar refractivity (Wildman–Crippen MR) is 104 cm³/mol. The van der Waals surface area contributed by atoms with E-state index in [9.17, 15) is 13.7 Å². The highest BCUT2D eigenvalue weighted by molar-refractivity contribution is 7.91. The van der Waals surface area contributed by atoms with E-state index in [1.807, 2.05) is 48.2 Å². The van der Waals surface area contributed by atoms with Gasteiger partial charge in [0.25, 0.3) is 10.0 Å². The van der Waals surface area contributed by atoms with Crippen molar-refractivity contribution < 1.29 is 8.42 Å². The molecule has 1 aliphatic heterocycles. The Morgan fingerprint density at radius 3 is 2.27 bits per heavy atom. The minimum atomic E-state index is -3.42. The molecular weight excluding hydrogens is 368 g/mol. The van der Waals surface area contributed by atoms with Gasteiger partial charge in [0, 0.05) is 46.0 Å². The lowest BCUT2D eigenvalue weighted by atomic mass is 10.1. The lowest BCUT2D eigenvalue weighted by Gasteiger charge is -2.36. The number of rotatable bonds is 5. The number of nitrogens with zero attached hydrogens (tertiary/aromatic N) is 4. The van der Waals surface area contributed by atoms with Crippen molar-refractivity contribution in [2.45, 2.75) is 10.3 Å². The van der Waals surface area contributed by atoms with Crippen molar-refractivity contribution in [1.82, 2.24) is 9.21 Å². The summed E-state index contributed by atoms with van der Waals surface area (Å²) >= 11 is 1.24. The fraction of sp³-hybridized carbons (Fsp3) is 0.389. The Bertz CT molecular complexity index is 863. The van der Waals surface area contributed by atoms with Crippen LogP contribution >= 0.6 is 11.3 Å². The molecule has 1 aromatic heterocycles. The summed E-state index contributed by atoms with van der Waals surface area (Å²) in [6, 6.07) is 13.3. The topological polar surface area (TPSA) is 67.7 Å². The van der Waals surface area contributed by atoms with Crippen molar-refractivity contribution in [2.75, 3.05) is 45.2 Å². The Balaban J connectivity index is 1.69. The second kappa shape index (κ2) is 7.76. The van der Waals surface area contributed by atoms with Gasteiger partial charge in [-0.1, -0.05) is 18.2 Å². The number of anilines is 1. The van der Waals surface area contributed by atoms with E-state index in [0.29, 0.717) is 30.4 Å². The zero-order chi connectivity index (χ0) is 18.7. The number of hydrogen-bond donors (Lipinski definition) is 0. The standard InChI is InChI=1S/C18H22N4O2S2/c1-20(2)16-7-5-15(6-8-16)17(14-19)21-9-11-22(12-10-21)26(23,24)18-4-3-13-25-18/h3-8,13,17H,9-12H2,1-2H3. The number of piperazine rings is 1. The van der Waals surface area contributed by atoms with Crippen LogP contribution in [0.15, 0.2) is 46.0 Å². The SMILES string of the molecule is CN(C)c1ccc(C(C#N)N2CCN(S(=O)(=O)c3cccs3)CC2)cc1. The summed E-state index contributed by atoms with van der Waals surface area (Å²) < 4.78 is 27.1. The van der Waals surface area contributed by atoms with Gasteiger partial charge < -0.3 is 4.90 Å². The molecule has 6 nitrogen and oxygen atoms in total. The van der Waals surface area contributed by atoms with Gasteiger partial charge >= 0.3 is 0 Å². The first-order valence-corrected chi connectivity index (χ1v) is 10.7. The second-order valence-corrected chi connectivity index (χ2v) is 9.50. The maximum absolute atomic E-state index is 12.6. The van der Waals surface area contributed by atoms with Crippen molar-refractivity contribution in [3.63, 3.8) is 0 Å². The third-order valence-corrected chi connectivity index (χ3v) is 7.85. The highest BCUT2D eigenvalue weighted by Gasteiger charge is 2.32. The number of hydrogen-bond acceptors (Lipinski definition) is 6. The molecule has 1 fully saturated rings. The molecule has 3 rings (SSSR count). The summed E-state index contributed by atoms with van der Waals surface area (Å²) in [5.41, 5.74) is 2.02. The maximum Gasteiger partial charge on any atom is 0.252 e. The van der Waals surface area contributed by atoms with Gasteiger partial charge in [-0.2, -0.15) is 9.57 Å². The van der Waals surface area contributed by atoms with E-state index in [-0.39, 0.29) is 6.04 Å². The van der Waals surface area contributed by atoms with Crippen LogP contribution in [0.3, 0.4) is 0 Å². The monoisotopic (exact) mass is 390 g/mol. The van der Waals surface area contributed by atoms with Gasteiger partial charge in [0.1, 0.15) is 10.3 Å². The molecule has 0 bridgehead atoms. The largest absolute Gasteiger partial charge is 0.378 e. The summed E-state index contributed by atoms with van der Waals surface area (Å²) in [6.45, 7) is 1.87. The third kappa shape index (κ3) is 3.76. The van der Waals surface area contributed by atoms with Gasteiger partial charge in [0.15, 0.2) is 0 Å². The summed E-state index contributed by atoms with van der Waals surface area (Å²) in [5.74, 6) is 0. The van der Waals surface area contributed by atoms with Crippen LogP contribution in [-0.2, 0) is 10.0 Å². The van der Waals surface area contributed by atoms with Gasteiger partial charge in [-0.15, -0.1) is 11.3 Å². The van der Waals surface area contributed by atoms with Crippen LogP contribution < -0.4 is 4.90 Å². The van der Waals surface area contributed by atoms with Crippen molar-refractivity contribution in [1.29, 1.82) is 5.26 Å². The molecule has 2 heterocycles. The van der Waals surface area contributed by atoms with E-state index < -0.39 is 10.0 Å². The first kappa shape index (κ1) is 18.9. The number of benzene rings is 1. The second-order valence-electron chi connectivity index (χ2n) is 6.39. The minimum Gasteiger partial charge on any atom is -0.378 e. The Morgan fingerprint density at radius 1 is 1.12 bits per heavy atom. The summed E-state index contributed by atoms with van der Waals surface area (Å²) in [5, 5.41) is 11.4. The summed E-state index contributed by atoms with van der Waals surface area (Å²) in [6.07, 6.45) is 0. The predicted octanol–water partition coefficient (Wildman–Crippen LogP) is 2.39. The molecule has 1 aromatic carbocycles. The Morgan fingerprint density at radius 2 is 1.77 bits per heavy atom. The van der Waals surface area contributed by atoms with E-state index in [4.69, 9.17) is 0 Å². The molecule has 0 saturated carbocycles. The van der Waals surface area contributed by atoms with Gasteiger partial charge in [0.2, 0.25) is 0 Å². The van der Waals surface area contributed by atoms with Crippen LogP contribution in [-0.4, -0.2) is 57.9 Å². The fourth-order valence-electron chi connectivity index (χ4n) is 3.06. The first-order chi connectivity index (χ1) is 12.4. The smallest absolute Gasteiger partial charge is 0.252 e. The average Bonchev–Trinajstić information content (AvgIpc) is 3.19. The molecule has 0 spiro atoms. The van der Waals surface area contributed by atoms with Gasteiger partial charge in [-0.25, -0.2) is 8.42 Å². The van der Waals surface area contributed by atoms with Crippen molar-refractivity contribution in [2.24, 2.45) is 0 Å². The van der Waals surface area contributed by atoms with Gasteiger partial charge in [-0.05, 0) is 29.1 Å². The lowest BCUT2D eigenvalue weighted by Crippen LogP contribution is -2.49. The van der Waals surface area contributed by atoms with Gasteiger partial charge in [-0.3, -0.25) is 4.90 Å². The molecule has 1 saturated heterocycles. The van der Waals surface area contributed by atoms with E-state index >= 15 is 0 Å². The van der Waals surface area contributed by atoms with Crippen molar-refractivity contribution in [3.8, 4) is 6.07 Å². The molecule has 0 N–H and O–H groups in total. The van der Waals surface area contributed by atoms with Crippen LogP contribution in [0.25, 0.3) is 0 Å². The molecule has 26 heavy (non-hydrogen) atoms. The molecular formula is C18H22N4O2S2. The molecule has 0 aliphatic carbocycles. The third-order valence-electron chi connectivity index (χ3n) is 4.58. The highest BCUT2D eigenvalue weighted by Crippen LogP contribution is 2.26. The fourth-order valence-corrected chi connectivity index (χ4v) is 5.63. The van der Waals surface area contributed by atoms with Crippen LogP contribution in [0.4, 0.5) is 5.69 Å². The number of thiophene rings is 1. The molecule has 0 amide bonds. The quantitative estimate of drug-likeness (QED) is 0.784. The molecule has 2 aromatic rings. The highest BCUT2D eigenvalue weighted by atomic mass is 32.2. The van der Waals surface area contributed by atoms with Crippen molar-refractivity contribution in [3.05, 3.63) is 47.3 Å². The van der Waals surface area contributed by atoms with E-state index in [2.05, 4.69) is 6.07 Å². The Kier molecular flexibility index (Phi) is 5.63. The molecule has 8 heteroatoms. The zero-order valence-corrected chi connectivity index (χ0v) is 16.5. The molecule has 0 radical (unpaired) electrons. The Hall–Kier alpha value is -1.92.